The highest BCUT2D eigenvalue weighted by molar-refractivity contribution is 8.05. The maximum atomic E-state index is 12.3. The summed E-state index contributed by atoms with van der Waals surface area (Å²) in [5, 5.41) is 89.6. The molecule has 71 heteroatoms. The molecule has 4 aromatic rings. The van der Waals surface area contributed by atoms with Crippen LogP contribution >= 0.6 is 75.5 Å². The second kappa shape index (κ2) is 41.9. The summed E-state index contributed by atoms with van der Waals surface area (Å²) in [6, 6.07) is 0. The van der Waals surface area contributed by atoms with E-state index in [2.05, 4.69) is 54.1 Å². The van der Waals surface area contributed by atoms with Gasteiger partial charge in [0.05, 0.1) is 79.7 Å². The maximum absolute atomic E-state index is 12.3. The van der Waals surface area contributed by atoms with Crippen LogP contribution in [0.3, 0.4) is 0 Å². The van der Waals surface area contributed by atoms with Crippen LogP contribution in [-0.4, -0.2) is 292 Å². The van der Waals surface area contributed by atoms with E-state index in [9.17, 15) is 145 Å². The van der Waals surface area contributed by atoms with E-state index in [1.807, 2.05) is 15.0 Å². The molecule has 9 heterocycles. The number of carbonyl (C=O) groups is 4. The van der Waals surface area contributed by atoms with Gasteiger partial charge in [0.15, 0.2) is 51.3 Å². The number of phosphoric ester groups is 1. The number of methoxy groups -OCH3 is 4. The van der Waals surface area contributed by atoms with Gasteiger partial charge in [0.2, 0.25) is 23.0 Å². The van der Waals surface area contributed by atoms with Crippen LogP contribution in [0, 0.1) is 0 Å². The van der Waals surface area contributed by atoms with Gasteiger partial charge in [0.1, 0.15) is 73.2 Å². The third-order valence-electron chi connectivity index (χ3n) is 14.9. The first kappa shape index (κ1) is 101. The molecule has 0 saturated carbocycles. The van der Waals surface area contributed by atoms with E-state index in [1.165, 1.54) is 0 Å². The Hall–Kier alpha value is -7.09. The lowest BCUT2D eigenvalue weighted by Gasteiger charge is -2.27. The van der Waals surface area contributed by atoms with Gasteiger partial charge in [-0.3, -0.25) is 71.0 Å². The van der Waals surface area contributed by atoms with Crippen LogP contribution in [0.25, 0.3) is 0 Å². The van der Waals surface area contributed by atoms with Crippen LogP contribution < -0.4 is 63.9 Å². The fourth-order valence-electron chi connectivity index (χ4n) is 9.49. The highest BCUT2D eigenvalue weighted by atomic mass is 35.9. The molecule has 5 saturated heterocycles. The van der Waals surface area contributed by atoms with Crippen LogP contribution in [0.15, 0.2) is 63.1 Å². The van der Waals surface area contributed by atoms with Crippen molar-refractivity contribution in [1.29, 1.82) is 0 Å². The predicted molar refractivity (Wildman–Crippen MR) is 368 cm³/mol. The molecule has 5 aliphatic heterocycles. The number of aromatic nitrogens is 8. The summed E-state index contributed by atoms with van der Waals surface area (Å²) in [6.45, 7) is -5.86. The molecule has 8 unspecified atom stereocenters. The Morgan fingerprint density at radius 3 is 0.950 bits per heavy atom. The molecule has 0 aliphatic carbocycles. The van der Waals surface area contributed by atoms with E-state index in [0.29, 0.717) is 9.13 Å². The van der Waals surface area contributed by atoms with Crippen molar-refractivity contribution in [2.24, 2.45) is 0 Å². The Morgan fingerprint density at radius 2 is 0.689 bits per heavy atom. The topological polar surface area (TPSA) is 895 Å². The standard InChI is InChI=1S/C12H15Cl2N2O10P.C12H19N2O18P3.C12H17N2O17P3.C12H16N2O9/c1-23-7(17)4-24-5-2-16(12(21)15-10(5)20)11-9(19)8(18)6(26-11)3-25-27(13,14)22;1-27-7(15)4-28-5-2-14(12(19)13-10(5)18)11-9(17)8(16)6(30-11)3-29-34(23,24)32-35(25,26)31-33(20,21)22;1-25-7(15)4-26-5-2-14(12(19)13-10(5)18)11-9(17)8(16)6(28-11)3-27-34(24)30-32(20,21)29-33(22,23)31-34;1-21-7(16)4-22-5-2-14(12(20)13-10(5)19)11-9(18)8(17)6(3-15)23-11/h2,6,8-9,11,18-19H,3-4H2,1H3,(H,15,20,21);2,6,8-9,11,16-17H,3-4H2,1H3,(H,23,24)(H,25,26)(H,13,18,19)(H2,20,21,22);2,6,8-9,11,16-17H,3-4H2,1H3,(H,20,21)(H,22,23)(H,13,18,19);2,6,8-9,11,15,17-18H,3-4H2,1H3,(H,13,19,20)/t4*6-,8?,9+,11-/m1111/s1. The number of nitrogens with zero attached hydrogens (tertiary/aromatic N) is 4. The van der Waals surface area contributed by atoms with Gasteiger partial charge in [-0.15, -0.1) is 0 Å². The van der Waals surface area contributed by atoms with E-state index in [4.69, 9.17) is 80.2 Å². The van der Waals surface area contributed by atoms with Crippen molar-refractivity contribution in [2.45, 2.75) is 98.2 Å². The number of esters is 4. The molecule has 0 amide bonds. The normalized spacial score (nSPS) is 29.5. The van der Waals surface area contributed by atoms with E-state index in [1.54, 1.807) is 4.98 Å². The van der Waals surface area contributed by atoms with Gasteiger partial charge in [-0.2, -0.15) is 21.6 Å². The van der Waals surface area contributed by atoms with Crippen LogP contribution in [0.4, 0.5) is 0 Å². The molecule has 0 spiro atoms. The lowest BCUT2D eigenvalue weighted by molar-refractivity contribution is -0.143. The largest absolute Gasteiger partial charge is 0.492 e. The number of ether oxygens (including phenoxy) is 12. The van der Waals surface area contributed by atoms with Gasteiger partial charge in [-0.1, -0.05) is 0 Å². The summed E-state index contributed by atoms with van der Waals surface area (Å²) in [5.74, 6) is -5.20. The van der Waals surface area contributed by atoms with Crippen LogP contribution in [-0.2, 0) is 124 Å². The maximum Gasteiger partial charge on any atom is 0.492 e. The lowest BCUT2D eigenvalue weighted by Crippen LogP contribution is -2.38. The Kier molecular flexibility index (Phi) is 35.4. The number of phosphoric acid groups is 6. The van der Waals surface area contributed by atoms with Crippen molar-refractivity contribution in [3.63, 3.8) is 0 Å². The zero-order valence-corrected chi connectivity index (χ0v) is 67.3. The van der Waals surface area contributed by atoms with E-state index < -0.39 is 290 Å². The molecule has 119 heavy (non-hydrogen) atoms. The number of H-pyrrole nitrogens is 4. The van der Waals surface area contributed by atoms with Gasteiger partial charge >= 0.3 is 99.6 Å². The van der Waals surface area contributed by atoms with Crippen LogP contribution in [0.1, 0.15) is 24.9 Å². The number of carbonyl (C=O) groups excluding carboxylic acids is 4. The fraction of sp³-hybridized carbons (Fsp3) is 0.583. The first-order chi connectivity index (χ1) is 55.0. The molecule has 9 rings (SSSR count). The molecule has 62 nitrogen and oxygen atoms in total. The van der Waals surface area contributed by atoms with Crippen molar-refractivity contribution < 1.29 is 218 Å². The van der Waals surface area contributed by atoms with Crippen molar-refractivity contribution in [3.8, 4) is 23.0 Å². The summed E-state index contributed by atoms with van der Waals surface area (Å²) in [5.41, 5.74) is -8.11. The SMILES string of the molecule is COC(=O)COc1cn([C@@H]2O[C@H](CO)C(O)[C@@H]2O)c(=O)[nH]c1=O.COC(=O)COc1cn([C@@H]2O[C@H](COP(=O)(Cl)Cl)C(O)[C@@H]2O)c(=O)[nH]c1=O.COC(=O)COc1cn([C@@H]2O[C@H](COP(=O)(O)OP(=O)(O)OP(=O)(O)O)C(O)[C@@H]2O)c(=O)[nH]c1=O.COC(=O)COc1cn([C@@H]2O[C@H](COP3(=O)OP(=O)(O)OP(=O)(O)O3)C(O)[C@@H]2O)c(=O)[nH]c1=O. The summed E-state index contributed by atoms with van der Waals surface area (Å²) < 4.78 is 173. The summed E-state index contributed by atoms with van der Waals surface area (Å²) >= 11 is 10.5. The van der Waals surface area contributed by atoms with Crippen LogP contribution in [0.2, 0.25) is 0 Å². The molecule has 0 radical (unpaired) electrons. The van der Waals surface area contributed by atoms with Crippen LogP contribution in [0.5, 0.6) is 23.0 Å². The fourth-order valence-corrected chi connectivity index (χ4v) is 18.1. The first-order valence-corrected chi connectivity index (χ1v) is 43.8. The number of rotatable bonds is 30. The number of aliphatic hydroxyl groups is 9. The highest BCUT2D eigenvalue weighted by Gasteiger charge is 2.56. The number of aromatic amines is 4. The number of hydrogen-bond donors (Lipinski definition) is 19. The summed E-state index contributed by atoms with van der Waals surface area (Å²) in [7, 11) is -28.5. The number of hydrogen-bond acceptors (Lipinski definition) is 48. The van der Waals surface area contributed by atoms with Gasteiger partial charge in [-0.05, 0) is 22.5 Å². The van der Waals surface area contributed by atoms with Gasteiger partial charge in [0.25, 0.3) is 22.2 Å². The van der Waals surface area contributed by atoms with Gasteiger partial charge in [0, 0.05) is 0 Å². The molecule has 4 aromatic heterocycles. The minimum Gasteiger partial charge on any atom is -0.475 e. The van der Waals surface area contributed by atoms with Gasteiger partial charge in [-0.25, -0.2) is 65.7 Å². The summed E-state index contributed by atoms with van der Waals surface area (Å²) in [6.07, 6.45) is -26.1. The molecule has 5 fully saturated rings. The van der Waals surface area contributed by atoms with E-state index in [0.717, 1.165) is 62.4 Å². The predicted octanol–water partition coefficient (Wildman–Crippen LogP) is -8.84. The highest BCUT2D eigenvalue weighted by Crippen LogP contribution is 2.80. The molecule has 0 bridgehead atoms. The number of nitrogens with one attached hydrogen (secondary N) is 4. The Bertz CT molecular complexity index is 5150. The third kappa shape index (κ3) is 28.5. The molecule has 20 atom stereocenters. The van der Waals surface area contributed by atoms with E-state index >= 15 is 0 Å². The second-order valence-corrected chi connectivity index (χ2v) is 36.7. The first-order valence-electron chi connectivity index (χ1n) is 31.4. The molecular weight excluding hydrogens is 1840 g/mol. The van der Waals surface area contributed by atoms with Crippen molar-refractivity contribution in [3.05, 3.63) is 108 Å². The molecule has 19 N–H and O–H groups in total. The second-order valence-electron chi connectivity index (χ2n) is 23.0. The molecular formula is C48H67Cl2N8O54P7. The monoisotopic (exact) mass is 1910 g/mol. The number of halogens is 2. The van der Waals surface area contributed by atoms with Crippen molar-refractivity contribution in [2.75, 3.05) is 81.3 Å². The number of aliphatic hydroxyl groups excluding tert-OH is 9. The zero-order chi connectivity index (χ0) is 89.7. The quantitative estimate of drug-likeness (QED) is 0.0131. The van der Waals surface area contributed by atoms with Crippen molar-refractivity contribution in [1.82, 2.24) is 38.2 Å². The Labute approximate surface area is 664 Å². The zero-order valence-electron chi connectivity index (χ0n) is 59.5. The van der Waals surface area contributed by atoms with Crippen molar-refractivity contribution >= 4 is 99.4 Å². The Morgan fingerprint density at radius 1 is 0.420 bits per heavy atom. The van der Waals surface area contributed by atoms with E-state index in [-0.39, 0.29) is 5.75 Å². The average molecular weight is 1910 g/mol. The average Bonchev–Trinajstić information content (AvgIpc) is 1.73. The Balaban J connectivity index is 0.000000249. The summed E-state index contributed by atoms with van der Waals surface area (Å²) in [4.78, 5) is 201. The minimum atomic E-state index is -5.80. The molecule has 0 aromatic carbocycles. The minimum absolute atomic E-state index is 0.382. The lowest BCUT2D eigenvalue weighted by atomic mass is 10.1. The molecule has 672 valence electrons. The van der Waals surface area contributed by atoms with Gasteiger partial charge < -0.3 is 137 Å². The smallest absolute Gasteiger partial charge is 0.475 e. The third-order valence-corrected chi connectivity index (χ3v) is 25.1. The molecule has 5 aliphatic rings.